The van der Waals surface area contributed by atoms with E-state index in [0.717, 1.165) is 63.6 Å². The van der Waals surface area contributed by atoms with Gasteiger partial charge >= 0.3 is 0 Å². The monoisotopic (exact) mass is 462 g/mol. The van der Waals surface area contributed by atoms with Crippen molar-refractivity contribution in [2.75, 3.05) is 52.5 Å². The van der Waals surface area contributed by atoms with E-state index in [0.29, 0.717) is 24.3 Å². The number of rotatable bonds is 12. The Morgan fingerprint density at radius 1 is 0.647 bits per heavy atom. The highest BCUT2D eigenvalue weighted by molar-refractivity contribution is 5.95. The van der Waals surface area contributed by atoms with Gasteiger partial charge < -0.3 is 20.9 Å². The van der Waals surface area contributed by atoms with Crippen molar-refractivity contribution in [2.24, 2.45) is 11.5 Å². The topological polar surface area (TPSA) is 125 Å². The van der Waals surface area contributed by atoms with Crippen LogP contribution in [0.15, 0.2) is 59.7 Å². The molecule has 34 heavy (non-hydrogen) atoms. The number of nitrogen functional groups attached to an aromatic ring is 2. The van der Waals surface area contributed by atoms with Gasteiger partial charge in [-0.2, -0.15) is 0 Å². The third kappa shape index (κ3) is 6.36. The summed E-state index contributed by atoms with van der Waals surface area (Å²) in [5, 5.41) is 14.9. The van der Waals surface area contributed by atoms with Crippen LogP contribution in [0.2, 0.25) is 0 Å². The van der Waals surface area contributed by atoms with Crippen LogP contribution in [0.4, 0.5) is 0 Å². The van der Waals surface area contributed by atoms with Crippen molar-refractivity contribution in [1.29, 1.82) is 10.8 Å². The average Bonchev–Trinajstić information content (AvgIpc) is 3.38. The zero-order valence-electron chi connectivity index (χ0n) is 19.6. The SMILES string of the molecule is N=C(N)c1ccc(OCCCN2CC3=C(C2)CN(CCCOc2ccc(C(=N)N)cc2)C3)cc1. The molecule has 8 heteroatoms. The molecule has 0 saturated carbocycles. The second-order valence-electron chi connectivity index (χ2n) is 8.91. The molecule has 0 saturated heterocycles. The third-order valence-corrected chi connectivity index (χ3v) is 6.26. The van der Waals surface area contributed by atoms with Crippen LogP contribution in [-0.4, -0.2) is 74.0 Å². The van der Waals surface area contributed by atoms with Crippen molar-refractivity contribution < 1.29 is 9.47 Å². The number of amidine groups is 2. The summed E-state index contributed by atoms with van der Waals surface area (Å²) in [6, 6.07) is 14.7. The minimum Gasteiger partial charge on any atom is -0.494 e. The summed E-state index contributed by atoms with van der Waals surface area (Å²) in [6.45, 7) is 7.71. The lowest BCUT2D eigenvalue weighted by atomic mass is 10.2. The predicted molar refractivity (Wildman–Crippen MR) is 135 cm³/mol. The van der Waals surface area contributed by atoms with Gasteiger partial charge in [0.25, 0.3) is 0 Å². The molecule has 8 nitrogen and oxygen atoms in total. The first-order valence-electron chi connectivity index (χ1n) is 11.8. The Bertz CT molecular complexity index is 933. The lowest BCUT2D eigenvalue weighted by Crippen LogP contribution is -2.31. The van der Waals surface area contributed by atoms with Crippen LogP contribution in [0.25, 0.3) is 0 Å². The molecule has 0 spiro atoms. The summed E-state index contributed by atoms with van der Waals surface area (Å²) in [5.41, 5.74) is 15.6. The maximum absolute atomic E-state index is 7.44. The van der Waals surface area contributed by atoms with E-state index >= 15 is 0 Å². The van der Waals surface area contributed by atoms with Crippen LogP contribution in [0, 0.1) is 10.8 Å². The van der Waals surface area contributed by atoms with E-state index in [2.05, 4.69) is 9.80 Å². The van der Waals surface area contributed by atoms with Crippen molar-refractivity contribution >= 4 is 11.7 Å². The molecule has 0 radical (unpaired) electrons. The Labute approximate surface area is 201 Å². The maximum Gasteiger partial charge on any atom is 0.122 e. The van der Waals surface area contributed by atoms with Crippen LogP contribution in [0.1, 0.15) is 24.0 Å². The Hall–Kier alpha value is -3.36. The molecule has 0 aromatic heterocycles. The zero-order chi connectivity index (χ0) is 23.9. The molecule has 2 aromatic carbocycles. The number of hydrogen-bond acceptors (Lipinski definition) is 6. The average molecular weight is 463 g/mol. The van der Waals surface area contributed by atoms with Crippen molar-refractivity contribution in [3.05, 3.63) is 70.8 Å². The molecule has 0 fully saturated rings. The van der Waals surface area contributed by atoms with Gasteiger partial charge in [0.05, 0.1) is 13.2 Å². The Morgan fingerprint density at radius 3 is 1.32 bits per heavy atom. The van der Waals surface area contributed by atoms with E-state index in [-0.39, 0.29) is 11.7 Å². The molecule has 2 heterocycles. The van der Waals surface area contributed by atoms with Gasteiger partial charge in [-0.3, -0.25) is 20.6 Å². The highest BCUT2D eigenvalue weighted by Gasteiger charge is 2.29. The molecule has 0 aliphatic carbocycles. The Balaban J connectivity index is 1.07. The molecular weight excluding hydrogens is 428 g/mol. The first-order chi connectivity index (χ1) is 16.5. The quantitative estimate of drug-likeness (QED) is 0.166. The molecule has 180 valence electrons. The second kappa shape index (κ2) is 11.2. The number of nitrogens with zero attached hydrogens (tertiary/aromatic N) is 2. The summed E-state index contributed by atoms with van der Waals surface area (Å²) >= 11 is 0. The normalized spacial score (nSPS) is 16.0. The highest BCUT2D eigenvalue weighted by atomic mass is 16.5. The minimum absolute atomic E-state index is 0.0744. The number of benzene rings is 2. The van der Waals surface area contributed by atoms with E-state index in [9.17, 15) is 0 Å². The second-order valence-corrected chi connectivity index (χ2v) is 8.91. The van der Waals surface area contributed by atoms with Gasteiger partial charge in [0.1, 0.15) is 23.2 Å². The molecule has 0 bridgehead atoms. The maximum atomic E-state index is 7.44. The van der Waals surface area contributed by atoms with Gasteiger partial charge in [-0.1, -0.05) is 0 Å². The van der Waals surface area contributed by atoms with Crippen LogP contribution < -0.4 is 20.9 Å². The lowest BCUT2D eigenvalue weighted by Gasteiger charge is -2.22. The van der Waals surface area contributed by atoms with Gasteiger partial charge in [0.2, 0.25) is 0 Å². The van der Waals surface area contributed by atoms with Crippen LogP contribution in [0.3, 0.4) is 0 Å². The van der Waals surface area contributed by atoms with Gasteiger partial charge in [0, 0.05) is 50.4 Å². The fraction of sp³-hybridized carbons (Fsp3) is 0.385. The van der Waals surface area contributed by atoms with E-state index in [1.165, 1.54) is 0 Å². The van der Waals surface area contributed by atoms with Crippen LogP contribution in [-0.2, 0) is 0 Å². The predicted octanol–water partition coefficient (Wildman–Crippen LogP) is 2.42. The smallest absolute Gasteiger partial charge is 0.122 e. The molecule has 6 N–H and O–H groups in total. The first-order valence-corrected chi connectivity index (χ1v) is 11.8. The summed E-state index contributed by atoms with van der Waals surface area (Å²) in [4.78, 5) is 5.02. The van der Waals surface area contributed by atoms with Crippen molar-refractivity contribution in [3.8, 4) is 11.5 Å². The summed E-state index contributed by atoms with van der Waals surface area (Å²) < 4.78 is 11.7. The van der Waals surface area contributed by atoms with Crippen LogP contribution >= 0.6 is 0 Å². The number of nitrogens with one attached hydrogen (secondary N) is 2. The number of hydrogen-bond donors (Lipinski definition) is 4. The third-order valence-electron chi connectivity index (χ3n) is 6.26. The summed E-state index contributed by atoms with van der Waals surface area (Å²) in [6.07, 6.45) is 1.98. The Morgan fingerprint density at radius 2 is 1.00 bits per heavy atom. The van der Waals surface area contributed by atoms with E-state index < -0.39 is 0 Å². The minimum atomic E-state index is 0.0744. The molecule has 0 amide bonds. The van der Waals surface area contributed by atoms with Crippen molar-refractivity contribution in [2.45, 2.75) is 12.8 Å². The fourth-order valence-electron chi connectivity index (χ4n) is 4.47. The molecular formula is C26H34N6O2. The van der Waals surface area contributed by atoms with E-state index in [1.54, 1.807) is 11.1 Å². The molecule has 2 aliphatic heterocycles. The highest BCUT2D eigenvalue weighted by Crippen LogP contribution is 2.25. The first kappa shape index (κ1) is 23.8. The largest absolute Gasteiger partial charge is 0.494 e. The molecule has 0 atom stereocenters. The number of nitrogens with two attached hydrogens (primary N) is 2. The summed E-state index contributed by atoms with van der Waals surface area (Å²) in [5.74, 6) is 1.79. The summed E-state index contributed by atoms with van der Waals surface area (Å²) in [7, 11) is 0. The molecule has 2 aliphatic rings. The molecule has 4 rings (SSSR count). The molecule has 2 aromatic rings. The van der Waals surface area contributed by atoms with Crippen molar-refractivity contribution in [3.63, 3.8) is 0 Å². The van der Waals surface area contributed by atoms with Gasteiger partial charge in [0.15, 0.2) is 0 Å². The lowest BCUT2D eigenvalue weighted by molar-refractivity contribution is 0.241. The van der Waals surface area contributed by atoms with E-state index in [4.69, 9.17) is 31.8 Å². The van der Waals surface area contributed by atoms with Crippen molar-refractivity contribution in [1.82, 2.24) is 9.80 Å². The standard InChI is InChI=1S/C26H34N6O2/c27-25(28)19-3-7-23(8-4-19)33-13-1-11-31-15-21-17-32(18-22(21)16-31)12-2-14-34-24-9-5-20(6-10-24)26(29)30/h3-10H,1-2,11-18H2,(H3,27,28)(H3,29,30). The fourth-order valence-corrected chi connectivity index (χ4v) is 4.47. The van der Waals surface area contributed by atoms with Gasteiger partial charge in [-0.05, 0) is 72.5 Å². The van der Waals surface area contributed by atoms with E-state index in [1.807, 2.05) is 48.5 Å². The number of ether oxygens (including phenoxy) is 2. The van der Waals surface area contributed by atoms with Crippen LogP contribution in [0.5, 0.6) is 11.5 Å². The molecule has 0 unspecified atom stereocenters. The van der Waals surface area contributed by atoms with Gasteiger partial charge in [-0.15, -0.1) is 0 Å². The zero-order valence-corrected chi connectivity index (χ0v) is 19.6. The Kier molecular flexibility index (Phi) is 7.82. The van der Waals surface area contributed by atoms with Gasteiger partial charge in [-0.25, -0.2) is 0 Å².